The molecule has 3 rings (SSSR count). The van der Waals surface area contributed by atoms with Gasteiger partial charge < -0.3 is 16.4 Å². The minimum Gasteiger partial charge on any atom is -0.382 e. The Morgan fingerprint density at radius 3 is 2.95 bits per heavy atom. The van der Waals surface area contributed by atoms with Crippen molar-refractivity contribution in [2.24, 2.45) is 0 Å². The van der Waals surface area contributed by atoms with Gasteiger partial charge in [0.2, 0.25) is 0 Å². The number of anilines is 2. The van der Waals surface area contributed by atoms with Crippen LogP contribution in [0, 0.1) is 11.3 Å². The molecule has 1 aliphatic heterocycles. The predicted molar refractivity (Wildman–Crippen MR) is 68.6 cm³/mol. The van der Waals surface area contributed by atoms with Gasteiger partial charge >= 0.3 is 0 Å². The van der Waals surface area contributed by atoms with Gasteiger partial charge in [-0.05, 0) is 12.1 Å². The van der Waals surface area contributed by atoms with Crippen molar-refractivity contribution in [3.05, 3.63) is 23.9 Å². The van der Waals surface area contributed by atoms with Gasteiger partial charge in [-0.1, -0.05) is 0 Å². The van der Waals surface area contributed by atoms with Gasteiger partial charge in [-0.15, -0.1) is 10.2 Å². The topological polar surface area (TPSA) is 117 Å². The Hall–Kier alpha value is -2.66. The highest BCUT2D eigenvalue weighted by molar-refractivity contribution is 5.65. The van der Waals surface area contributed by atoms with E-state index in [-0.39, 0.29) is 11.9 Å². The molecular weight excluding hydrogens is 244 g/mol. The first kappa shape index (κ1) is 11.4. The van der Waals surface area contributed by atoms with Crippen molar-refractivity contribution in [1.82, 2.24) is 25.3 Å². The summed E-state index contributed by atoms with van der Waals surface area (Å²) >= 11 is 0. The lowest BCUT2D eigenvalue weighted by molar-refractivity contribution is 0.470. The molecule has 0 unspecified atom stereocenters. The maximum Gasteiger partial charge on any atom is 0.178 e. The number of nitrogens with zero attached hydrogens (tertiary/aromatic N) is 5. The smallest absolute Gasteiger partial charge is 0.178 e. The number of hydrogen-bond donors (Lipinski definition) is 3. The molecule has 2 aromatic heterocycles. The molecule has 1 saturated heterocycles. The summed E-state index contributed by atoms with van der Waals surface area (Å²) in [6.07, 6.45) is 1.56. The van der Waals surface area contributed by atoms with Gasteiger partial charge in [-0.3, -0.25) is 0 Å². The zero-order valence-electron chi connectivity index (χ0n) is 10.0. The van der Waals surface area contributed by atoms with Gasteiger partial charge in [-0.25, -0.2) is 0 Å². The number of nitrogens with two attached hydrogens (primary N) is 1. The number of aromatic nitrogens is 4. The number of rotatable bonds is 3. The summed E-state index contributed by atoms with van der Waals surface area (Å²) in [4.78, 5) is 0. The summed E-state index contributed by atoms with van der Waals surface area (Å²) in [5, 5.41) is 27.5. The molecule has 0 bridgehead atoms. The van der Waals surface area contributed by atoms with E-state index in [4.69, 9.17) is 5.73 Å². The molecular formula is C11H12N8. The molecule has 0 saturated carbocycles. The van der Waals surface area contributed by atoms with E-state index >= 15 is 0 Å². The molecule has 1 aliphatic rings. The average Bonchev–Trinajstić information content (AvgIpc) is 2.71. The SMILES string of the molecule is N#Cc1c(NC2CNC2)nn(-c2cccnn2)c1N. The highest BCUT2D eigenvalue weighted by Crippen LogP contribution is 2.23. The summed E-state index contributed by atoms with van der Waals surface area (Å²) in [5.41, 5.74) is 6.27. The molecule has 0 aromatic carbocycles. The number of hydrogen-bond acceptors (Lipinski definition) is 7. The van der Waals surface area contributed by atoms with E-state index < -0.39 is 0 Å². The molecule has 3 heterocycles. The Labute approximate surface area is 109 Å². The van der Waals surface area contributed by atoms with Gasteiger partial charge in [0.25, 0.3) is 0 Å². The van der Waals surface area contributed by atoms with Gasteiger partial charge in [-0.2, -0.15) is 15.0 Å². The van der Waals surface area contributed by atoms with E-state index in [9.17, 15) is 5.26 Å². The third-order valence-electron chi connectivity index (χ3n) is 2.93. The second kappa shape index (κ2) is 4.55. The summed E-state index contributed by atoms with van der Waals surface area (Å²) < 4.78 is 1.42. The highest BCUT2D eigenvalue weighted by atomic mass is 15.4. The van der Waals surface area contributed by atoms with Crippen molar-refractivity contribution < 1.29 is 0 Å². The molecule has 0 atom stereocenters. The van der Waals surface area contributed by atoms with Crippen molar-refractivity contribution in [3.63, 3.8) is 0 Å². The lowest BCUT2D eigenvalue weighted by Gasteiger charge is -2.27. The molecule has 8 nitrogen and oxygen atoms in total. The van der Waals surface area contributed by atoms with E-state index in [1.54, 1.807) is 18.3 Å². The van der Waals surface area contributed by atoms with Crippen LogP contribution in [0.1, 0.15) is 5.56 Å². The first-order valence-corrected chi connectivity index (χ1v) is 5.83. The van der Waals surface area contributed by atoms with Crippen molar-refractivity contribution in [2.75, 3.05) is 24.1 Å². The fraction of sp³-hybridized carbons (Fsp3) is 0.273. The van der Waals surface area contributed by atoms with Crippen LogP contribution < -0.4 is 16.4 Å². The monoisotopic (exact) mass is 256 g/mol. The summed E-state index contributed by atoms with van der Waals surface area (Å²) in [6.45, 7) is 1.70. The van der Waals surface area contributed by atoms with Crippen LogP contribution in [0.2, 0.25) is 0 Å². The maximum atomic E-state index is 9.19. The fourth-order valence-corrected chi connectivity index (χ4v) is 1.81. The standard InChI is InChI=1S/C11H12N8/c12-4-8-10(13)19(9-2-1-3-15-17-9)18-11(8)16-7-5-14-6-7/h1-3,7,14H,5-6,13H2,(H,16,18). The number of nitrogens with one attached hydrogen (secondary N) is 2. The molecule has 0 aliphatic carbocycles. The van der Waals surface area contributed by atoms with Crippen LogP contribution in [0.4, 0.5) is 11.6 Å². The average molecular weight is 256 g/mol. The van der Waals surface area contributed by atoms with Crippen LogP contribution in [0.15, 0.2) is 18.3 Å². The lowest BCUT2D eigenvalue weighted by Crippen LogP contribution is -2.51. The first-order valence-electron chi connectivity index (χ1n) is 5.83. The maximum absolute atomic E-state index is 9.19. The molecule has 1 fully saturated rings. The molecule has 96 valence electrons. The Bertz CT molecular complexity index is 622. The zero-order chi connectivity index (χ0) is 13.2. The van der Waals surface area contributed by atoms with Crippen LogP contribution in [0.3, 0.4) is 0 Å². The summed E-state index contributed by atoms with van der Waals surface area (Å²) in [7, 11) is 0. The van der Waals surface area contributed by atoms with E-state index in [0.29, 0.717) is 17.2 Å². The quantitative estimate of drug-likeness (QED) is 0.677. The summed E-state index contributed by atoms with van der Waals surface area (Å²) in [6, 6.07) is 5.81. The van der Waals surface area contributed by atoms with Gasteiger partial charge in [0.15, 0.2) is 11.6 Å². The Kier molecular flexibility index (Phi) is 2.74. The second-order valence-electron chi connectivity index (χ2n) is 4.21. The zero-order valence-corrected chi connectivity index (χ0v) is 10.0. The number of nitriles is 1. The van der Waals surface area contributed by atoms with E-state index in [1.807, 2.05) is 0 Å². The highest BCUT2D eigenvalue weighted by Gasteiger charge is 2.22. The van der Waals surface area contributed by atoms with Crippen molar-refractivity contribution >= 4 is 11.6 Å². The minimum atomic E-state index is 0.262. The Balaban J connectivity index is 1.99. The van der Waals surface area contributed by atoms with Crippen LogP contribution in [0.25, 0.3) is 5.82 Å². The molecule has 0 spiro atoms. The second-order valence-corrected chi connectivity index (χ2v) is 4.21. The largest absolute Gasteiger partial charge is 0.382 e. The van der Waals surface area contributed by atoms with E-state index in [2.05, 4.69) is 32.0 Å². The molecule has 2 aromatic rings. The molecule has 19 heavy (non-hydrogen) atoms. The molecule has 8 heteroatoms. The normalized spacial score (nSPS) is 14.7. The molecule has 0 radical (unpaired) electrons. The van der Waals surface area contributed by atoms with Crippen molar-refractivity contribution in [1.29, 1.82) is 5.26 Å². The van der Waals surface area contributed by atoms with Crippen LogP contribution in [0.5, 0.6) is 0 Å². The predicted octanol–water partition coefficient (Wildman–Crippen LogP) is -0.500. The van der Waals surface area contributed by atoms with Gasteiger partial charge in [0.05, 0.1) is 6.04 Å². The first-order chi connectivity index (χ1) is 9.29. The molecule has 0 amide bonds. The van der Waals surface area contributed by atoms with Crippen molar-refractivity contribution in [3.8, 4) is 11.9 Å². The van der Waals surface area contributed by atoms with E-state index in [0.717, 1.165) is 13.1 Å². The van der Waals surface area contributed by atoms with Crippen LogP contribution in [-0.4, -0.2) is 39.1 Å². The van der Waals surface area contributed by atoms with Gasteiger partial charge in [0, 0.05) is 19.3 Å². The fourth-order valence-electron chi connectivity index (χ4n) is 1.81. The van der Waals surface area contributed by atoms with Crippen LogP contribution in [-0.2, 0) is 0 Å². The third kappa shape index (κ3) is 1.96. The number of nitrogen functional groups attached to an aromatic ring is 1. The third-order valence-corrected chi connectivity index (χ3v) is 2.93. The van der Waals surface area contributed by atoms with Gasteiger partial charge in [0.1, 0.15) is 17.5 Å². The van der Waals surface area contributed by atoms with Crippen LogP contribution >= 0.6 is 0 Å². The Morgan fingerprint density at radius 1 is 1.53 bits per heavy atom. The Morgan fingerprint density at radius 2 is 2.37 bits per heavy atom. The van der Waals surface area contributed by atoms with E-state index in [1.165, 1.54) is 4.68 Å². The summed E-state index contributed by atoms with van der Waals surface area (Å²) in [5.74, 6) is 1.23. The molecule has 4 N–H and O–H groups in total. The lowest BCUT2D eigenvalue weighted by atomic mass is 10.2. The minimum absolute atomic E-state index is 0.262. The van der Waals surface area contributed by atoms with Crippen molar-refractivity contribution in [2.45, 2.75) is 6.04 Å².